The van der Waals surface area contributed by atoms with Crippen LogP contribution in [0.4, 0.5) is 20.2 Å². The van der Waals surface area contributed by atoms with E-state index in [1.807, 2.05) is 9.80 Å². The number of aromatic nitrogens is 1. The molecule has 0 radical (unpaired) electrons. The lowest BCUT2D eigenvalue weighted by Gasteiger charge is -2.36. The number of halogens is 2. The van der Waals surface area contributed by atoms with Crippen molar-refractivity contribution in [3.05, 3.63) is 18.2 Å². The number of pyridine rings is 1. The highest BCUT2D eigenvalue weighted by molar-refractivity contribution is 5.96. The number of nitrogens with two attached hydrogens (primary N) is 2. The Bertz CT molecular complexity index is 923. The number of hydrogen-bond acceptors (Lipinski definition) is 9. The van der Waals surface area contributed by atoms with Crippen LogP contribution in [0.1, 0.15) is 19.3 Å². The van der Waals surface area contributed by atoms with Crippen molar-refractivity contribution in [2.24, 2.45) is 23.3 Å². The molecular formula is C23H36F2N8O3. The Hall–Kier alpha value is -2.45. The van der Waals surface area contributed by atoms with Crippen molar-refractivity contribution in [3.63, 3.8) is 0 Å². The Kier molecular flexibility index (Phi) is 8.67. The van der Waals surface area contributed by atoms with Crippen LogP contribution in [0.15, 0.2) is 12.4 Å². The molecule has 2 amide bonds. The van der Waals surface area contributed by atoms with Crippen molar-refractivity contribution in [2.45, 2.75) is 43.9 Å². The lowest BCUT2D eigenvalue weighted by atomic mass is 9.94. The molecule has 3 aliphatic heterocycles. The van der Waals surface area contributed by atoms with Crippen LogP contribution in [0.25, 0.3) is 0 Å². The lowest BCUT2D eigenvalue weighted by Crippen LogP contribution is -2.64. The summed E-state index contributed by atoms with van der Waals surface area (Å²) in [5, 5.41) is 8.52. The largest absolute Gasteiger partial charge is 0.380 e. The predicted octanol–water partition coefficient (Wildman–Crippen LogP) is -0.660. The minimum atomic E-state index is -1.08. The van der Waals surface area contributed by atoms with Gasteiger partial charge in [-0.15, -0.1) is 0 Å². The number of likely N-dealkylation sites (tertiary alicyclic amines) is 1. The van der Waals surface area contributed by atoms with Gasteiger partial charge < -0.3 is 31.3 Å². The number of carbonyl (C=O) groups is 2. The fourth-order valence-electron chi connectivity index (χ4n) is 5.24. The number of amides is 2. The molecule has 36 heavy (non-hydrogen) atoms. The van der Waals surface area contributed by atoms with Crippen LogP contribution in [0.2, 0.25) is 0 Å². The van der Waals surface area contributed by atoms with Crippen molar-refractivity contribution >= 4 is 23.2 Å². The molecule has 0 saturated carbocycles. The van der Waals surface area contributed by atoms with Crippen molar-refractivity contribution < 1.29 is 23.1 Å². The molecule has 4 rings (SSSR count). The van der Waals surface area contributed by atoms with E-state index in [-0.39, 0.29) is 42.4 Å². The van der Waals surface area contributed by atoms with E-state index in [2.05, 4.69) is 20.9 Å². The van der Waals surface area contributed by atoms with Crippen LogP contribution >= 0.6 is 0 Å². The number of ether oxygens (including phenoxy) is 1. The summed E-state index contributed by atoms with van der Waals surface area (Å²) in [6.07, 6.45) is 1.76. The minimum Gasteiger partial charge on any atom is -0.380 e. The maximum absolute atomic E-state index is 15.0. The van der Waals surface area contributed by atoms with Crippen LogP contribution in [0.5, 0.6) is 0 Å². The van der Waals surface area contributed by atoms with Gasteiger partial charge in [0.2, 0.25) is 11.8 Å². The van der Waals surface area contributed by atoms with E-state index in [1.54, 1.807) is 7.11 Å². The summed E-state index contributed by atoms with van der Waals surface area (Å²) in [7, 11) is 1.65. The third-order valence-corrected chi connectivity index (χ3v) is 7.28. The first-order valence-electron chi connectivity index (χ1n) is 12.4. The van der Waals surface area contributed by atoms with E-state index < -0.39 is 36.1 Å². The summed E-state index contributed by atoms with van der Waals surface area (Å²) < 4.78 is 33.8. The van der Waals surface area contributed by atoms with Gasteiger partial charge in [0.25, 0.3) is 0 Å². The number of alkyl halides is 1. The molecule has 200 valence electrons. The van der Waals surface area contributed by atoms with Gasteiger partial charge in [0.1, 0.15) is 11.9 Å². The van der Waals surface area contributed by atoms with Gasteiger partial charge in [0, 0.05) is 52.3 Å². The number of nitrogens with zero attached hydrogens (tertiary/aromatic N) is 3. The summed E-state index contributed by atoms with van der Waals surface area (Å²) in [4.78, 5) is 33.7. The molecule has 0 aliphatic carbocycles. The molecule has 0 spiro atoms. The summed E-state index contributed by atoms with van der Waals surface area (Å²) in [6, 6.07) is 0. The molecule has 1 aromatic heterocycles. The van der Waals surface area contributed by atoms with Gasteiger partial charge >= 0.3 is 0 Å². The fourth-order valence-corrected chi connectivity index (χ4v) is 5.24. The van der Waals surface area contributed by atoms with Gasteiger partial charge in [0.15, 0.2) is 5.82 Å². The molecule has 11 nitrogen and oxygen atoms in total. The zero-order valence-corrected chi connectivity index (χ0v) is 20.5. The maximum Gasteiger partial charge on any atom is 0.233 e. The van der Waals surface area contributed by atoms with E-state index in [1.165, 1.54) is 6.20 Å². The maximum atomic E-state index is 15.0. The third-order valence-electron chi connectivity index (χ3n) is 7.28. The highest BCUT2D eigenvalue weighted by Gasteiger charge is 2.37. The molecule has 13 heteroatoms. The summed E-state index contributed by atoms with van der Waals surface area (Å²) >= 11 is 0. The molecule has 4 heterocycles. The van der Waals surface area contributed by atoms with Gasteiger partial charge in [-0.1, -0.05) is 0 Å². The topological polar surface area (TPSA) is 151 Å². The van der Waals surface area contributed by atoms with Crippen molar-refractivity contribution in [3.8, 4) is 0 Å². The Morgan fingerprint density at radius 3 is 2.47 bits per heavy atom. The zero-order chi connectivity index (χ0) is 25.8. The number of rotatable bonds is 7. The number of hydrogen-bond donors (Lipinski definition) is 5. The highest BCUT2D eigenvalue weighted by atomic mass is 19.1. The van der Waals surface area contributed by atoms with Gasteiger partial charge in [-0.3, -0.25) is 25.2 Å². The molecule has 3 fully saturated rings. The van der Waals surface area contributed by atoms with E-state index >= 15 is 0 Å². The first kappa shape index (κ1) is 26.6. The Morgan fingerprint density at radius 2 is 1.86 bits per heavy atom. The van der Waals surface area contributed by atoms with Gasteiger partial charge in [-0.2, -0.15) is 0 Å². The van der Waals surface area contributed by atoms with E-state index in [0.29, 0.717) is 39.0 Å². The van der Waals surface area contributed by atoms with Crippen LogP contribution in [-0.2, 0) is 14.3 Å². The van der Waals surface area contributed by atoms with E-state index in [4.69, 9.17) is 16.2 Å². The van der Waals surface area contributed by atoms with Crippen molar-refractivity contribution in [1.82, 2.24) is 20.5 Å². The fraction of sp³-hybridized carbons (Fsp3) is 0.696. The highest BCUT2D eigenvalue weighted by Crippen LogP contribution is 2.33. The number of methoxy groups -OCH3 is 1. The molecule has 1 unspecified atom stereocenters. The molecule has 2 atom stereocenters. The monoisotopic (exact) mass is 510 g/mol. The SMILES string of the molecule is CO[C@H]1CCN(C(=O)C2CCN(c3c(F)cncc3NC(=O)C(C(N)N)C3NCC(F)CN3)CC2)C1. The van der Waals surface area contributed by atoms with Crippen LogP contribution in [-0.4, -0.2) is 92.7 Å². The Morgan fingerprint density at radius 1 is 1.17 bits per heavy atom. The first-order valence-corrected chi connectivity index (χ1v) is 12.4. The summed E-state index contributed by atoms with van der Waals surface area (Å²) in [5.41, 5.74) is 12.2. The smallest absolute Gasteiger partial charge is 0.233 e. The second-order valence-corrected chi connectivity index (χ2v) is 9.69. The molecule has 3 saturated heterocycles. The predicted molar refractivity (Wildman–Crippen MR) is 130 cm³/mol. The number of piperidine rings is 1. The molecular weight excluding hydrogens is 474 g/mol. The summed E-state index contributed by atoms with van der Waals surface area (Å²) in [5.74, 6) is -2.08. The van der Waals surface area contributed by atoms with Crippen LogP contribution in [0, 0.1) is 17.7 Å². The van der Waals surface area contributed by atoms with Crippen LogP contribution in [0.3, 0.4) is 0 Å². The van der Waals surface area contributed by atoms with Crippen LogP contribution < -0.4 is 32.3 Å². The molecule has 1 aromatic rings. The quantitative estimate of drug-likeness (QED) is 0.301. The van der Waals surface area contributed by atoms with Gasteiger partial charge in [0.05, 0.1) is 42.4 Å². The molecule has 0 bridgehead atoms. The number of nitrogens with one attached hydrogen (secondary N) is 3. The van der Waals surface area contributed by atoms with Crippen molar-refractivity contribution in [1.29, 1.82) is 0 Å². The Labute approximate surface area is 209 Å². The minimum absolute atomic E-state index is 0.0676. The standard InChI is InChI=1S/C23H36F2N8O3/c1-36-15-4-7-33(12-15)23(35)13-2-5-32(6-3-13)19-16(25)10-28-11-17(19)31-22(34)18(20(26)27)21-29-8-14(24)9-30-21/h10-11,13-15,18,20-21,29-30H,2-9,12,26-27H2,1H3,(H,31,34)/t14?,15-,18?,21?/m0/s1. The molecule has 3 aliphatic rings. The third kappa shape index (κ3) is 5.92. The Balaban J connectivity index is 1.42. The van der Waals surface area contributed by atoms with E-state index in [9.17, 15) is 18.4 Å². The average molecular weight is 511 g/mol. The van der Waals surface area contributed by atoms with Gasteiger partial charge in [-0.25, -0.2) is 8.78 Å². The molecule has 7 N–H and O–H groups in total. The second-order valence-electron chi connectivity index (χ2n) is 9.69. The number of anilines is 2. The number of carbonyl (C=O) groups excluding carboxylic acids is 2. The molecule has 0 aromatic carbocycles. The summed E-state index contributed by atoms with van der Waals surface area (Å²) in [6.45, 7) is 2.33. The van der Waals surface area contributed by atoms with Gasteiger partial charge in [-0.05, 0) is 19.3 Å². The zero-order valence-electron chi connectivity index (χ0n) is 20.5. The van der Waals surface area contributed by atoms with Crippen molar-refractivity contribution in [2.75, 3.05) is 56.6 Å². The lowest BCUT2D eigenvalue weighted by molar-refractivity contribution is -0.135. The normalized spacial score (nSPS) is 26.3. The van der Waals surface area contributed by atoms with E-state index in [0.717, 1.165) is 12.6 Å². The average Bonchev–Trinajstić information content (AvgIpc) is 3.34. The second kappa shape index (κ2) is 11.7. The first-order chi connectivity index (χ1) is 17.3.